The molecule has 0 spiro atoms. The predicted molar refractivity (Wildman–Crippen MR) is 143 cm³/mol. The second kappa shape index (κ2) is 17.9. The van der Waals surface area contributed by atoms with E-state index < -0.39 is 45.4 Å². The number of nitrogens with one attached hydrogen (secondary N) is 2. The van der Waals surface area contributed by atoms with Crippen molar-refractivity contribution in [2.75, 3.05) is 37.9 Å². The third-order valence-electron chi connectivity index (χ3n) is 4.16. The van der Waals surface area contributed by atoms with E-state index in [9.17, 15) is 28.8 Å². The van der Waals surface area contributed by atoms with E-state index in [2.05, 4.69) is 36.9 Å². The Bertz CT molecular complexity index is 813. The molecule has 0 saturated heterocycles. The van der Waals surface area contributed by atoms with Gasteiger partial charge in [0, 0.05) is 35.8 Å². The van der Waals surface area contributed by atoms with Gasteiger partial charge < -0.3 is 29.6 Å². The Morgan fingerprint density at radius 1 is 0.579 bits per heavy atom. The zero-order valence-corrected chi connectivity index (χ0v) is 22.9. The molecule has 14 heteroatoms. The minimum Gasteiger partial charge on any atom is -0.460 e. The molecule has 0 radical (unpaired) electrons. The molecule has 0 unspecified atom stereocenters. The van der Waals surface area contributed by atoms with Crippen molar-refractivity contribution in [3.63, 3.8) is 0 Å². The van der Waals surface area contributed by atoms with Crippen LogP contribution in [0.25, 0.3) is 0 Å². The highest BCUT2D eigenvalue weighted by molar-refractivity contribution is 8.16. The summed E-state index contributed by atoms with van der Waals surface area (Å²) in [4.78, 5) is 70.5. The van der Waals surface area contributed by atoms with Crippen molar-refractivity contribution in [1.29, 1.82) is 0 Å². The van der Waals surface area contributed by atoms with Crippen molar-refractivity contribution in [3.8, 4) is 0 Å². The van der Waals surface area contributed by atoms with Crippen LogP contribution < -0.4 is 10.6 Å². The van der Waals surface area contributed by atoms with Gasteiger partial charge in [0.05, 0.1) is 0 Å². The Balaban J connectivity index is 4.87. The normalized spacial score (nSPS) is 10.7. The minimum absolute atomic E-state index is 0.201. The van der Waals surface area contributed by atoms with Crippen LogP contribution in [0.2, 0.25) is 0 Å². The number of amides is 2. The second-order valence-electron chi connectivity index (χ2n) is 7.89. The molecule has 0 atom stereocenters. The van der Waals surface area contributed by atoms with E-state index in [1.807, 2.05) is 0 Å². The van der Waals surface area contributed by atoms with Gasteiger partial charge in [0.2, 0.25) is 0 Å². The molecule has 0 aromatic heterocycles. The van der Waals surface area contributed by atoms with Crippen molar-refractivity contribution in [2.45, 2.75) is 24.9 Å². The van der Waals surface area contributed by atoms with Crippen molar-refractivity contribution in [3.05, 3.63) is 50.6 Å². The lowest BCUT2D eigenvalue weighted by Crippen LogP contribution is -2.52. The van der Waals surface area contributed by atoms with Crippen LogP contribution in [0, 0.1) is 0 Å². The zero-order valence-electron chi connectivity index (χ0n) is 21.3. The Labute approximate surface area is 229 Å². The summed E-state index contributed by atoms with van der Waals surface area (Å²) in [5, 5.41) is 4.21. The first kappa shape index (κ1) is 34.5. The van der Waals surface area contributed by atoms with E-state index in [0.717, 1.165) is 47.8 Å². The number of carbonyl (C=O) groups is 6. The van der Waals surface area contributed by atoms with Crippen LogP contribution in [0.1, 0.15) is 13.8 Å². The first-order valence-corrected chi connectivity index (χ1v) is 12.9. The molecule has 0 saturated carbocycles. The summed E-state index contributed by atoms with van der Waals surface area (Å²) in [6.45, 7) is 15.0. The van der Waals surface area contributed by atoms with Gasteiger partial charge in [0.25, 0.3) is 10.5 Å². The number of carbonyl (C=O) groups excluding carboxylic acids is 6. The summed E-state index contributed by atoms with van der Waals surface area (Å²) in [6.07, 6.45) is 3.81. The fraction of sp³-hybridized carbons (Fsp3) is 0.417. The Morgan fingerprint density at radius 2 is 0.816 bits per heavy atom. The molecule has 0 aliphatic rings. The van der Waals surface area contributed by atoms with Crippen LogP contribution in [0.5, 0.6) is 0 Å². The maximum absolute atomic E-state index is 12.4. The standard InChI is InChI=1S/C24H32N2O10S2/c1-7-17(27)33-13-23(5,14-34-18(28)8-2)25-21(31)37-11-12-38-22(32)26-24(6,15-35-19(29)9-3)16-36-20(30)10-4/h7-10H,1-4,11-16H2,5-6H3,(H,25,31)(H,26,32). The molecular formula is C24H32N2O10S2. The highest BCUT2D eigenvalue weighted by atomic mass is 32.2. The van der Waals surface area contributed by atoms with Gasteiger partial charge in [-0.2, -0.15) is 0 Å². The van der Waals surface area contributed by atoms with Gasteiger partial charge in [0.15, 0.2) is 0 Å². The lowest BCUT2D eigenvalue weighted by atomic mass is 10.1. The number of hydrogen-bond acceptors (Lipinski definition) is 12. The summed E-state index contributed by atoms with van der Waals surface area (Å²) in [5.74, 6) is -2.48. The van der Waals surface area contributed by atoms with Crippen LogP contribution in [-0.2, 0) is 38.1 Å². The lowest BCUT2D eigenvalue weighted by Gasteiger charge is -2.29. The van der Waals surface area contributed by atoms with Gasteiger partial charge in [-0.15, -0.1) is 0 Å². The van der Waals surface area contributed by atoms with Crippen LogP contribution >= 0.6 is 23.5 Å². The van der Waals surface area contributed by atoms with Gasteiger partial charge in [-0.05, 0) is 13.8 Å². The number of rotatable bonds is 17. The van der Waals surface area contributed by atoms with Gasteiger partial charge in [0.1, 0.15) is 37.5 Å². The van der Waals surface area contributed by atoms with Crippen molar-refractivity contribution in [2.24, 2.45) is 0 Å². The fourth-order valence-corrected chi connectivity index (χ4v) is 3.89. The van der Waals surface area contributed by atoms with Gasteiger partial charge >= 0.3 is 23.9 Å². The van der Waals surface area contributed by atoms with E-state index in [1.54, 1.807) is 0 Å². The Hall–Kier alpha value is -3.52. The molecule has 0 aliphatic heterocycles. The van der Waals surface area contributed by atoms with Crippen molar-refractivity contribution >= 4 is 57.9 Å². The largest absolute Gasteiger partial charge is 0.460 e. The van der Waals surface area contributed by atoms with Crippen LogP contribution in [0.3, 0.4) is 0 Å². The van der Waals surface area contributed by atoms with Gasteiger partial charge in [-0.3, -0.25) is 9.59 Å². The molecule has 0 aromatic carbocycles. The van der Waals surface area contributed by atoms with Gasteiger partial charge in [-0.25, -0.2) is 19.2 Å². The minimum atomic E-state index is -1.24. The quantitative estimate of drug-likeness (QED) is 0.113. The molecule has 2 amide bonds. The zero-order chi connectivity index (χ0) is 29.2. The van der Waals surface area contributed by atoms with E-state index >= 15 is 0 Å². The summed E-state index contributed by atoms with van der Waals surface area (Å²) in [5.41, 5.74) is -2.47. The SMILES string of the molecule is C=CC(=O)OCC(C)(COC(=O)C=C)NC(=O)SCCSC(=O)NC(C)(COC(=O)C=C)COC(=O)C=C. The van der Waals surface area contributed by atoms with Crippen molar-refractivity contribution in [1.82, 2.24) is 10.6 Å². The third-order valence-corrected chi connectivity index (χ3v) is 5.96. The number of hydrogen-bond donors (Lipinski definition) is 2. The summed E-state index contributed by atoms with van der Waals surface area (Å²) in [6, 6.07) is 0. The van der Waals surface area contributed by atoms with Crippen LogP contribution in [-0.4, -0.2) is 83.4 Å². The molecule has 12 nitrogen and oxygen atoms in total. The Morgan fingerprint density at radius 3 is 1.03 bits per heavy atom. The molecule has 0 aromatic rings. The van der Waals surface area contributed by atoms with Crippen LogP contribution in [0.4, 0.5) is 9.59 Å². The lowest BCUT2D eigenvalue weighted by molar-refractivity contribution is -0.145. The topological polar surface area (TPSA) is 163 Å². The number of esters is 4. The molecule has 210 valence electrons. The summed E-state index contributed by atoms with van der Waals surface area (Å²) >= 11 is 1.69. The summed E-state index contributed by atoms with van der Waals surface area (Å²) < 4.78 is 19.9. The maximum atomic E-state index is 12.4. The van der Waals surface area contributed by atoms with E-state index in [1.165, 1.54) is 13.8 Å². The average molecular weight is 573 g/mol. The number of thioether (sulfide) groups is 2. The molecule has 0 aliphatic carbocycles. The monoisotopic (exact) mass is 572 g/mol. The maximum Gasteiger partial charge on any atom is 0.330 e. The fourth-order valence-electron chi connectivity index (χ4n) is 2.22. The molecule has 0 heterocycles. The predicted octanol–water partition coefficient (Wildman–Crippen LogP) is 2.31. The summed E-state index contributed by atoms with van der Waals surface area (Å²) in [7, 11) is 0. The highest BCUT2D eigenvalue weighted by Crippen LogP contribution is 2.15. The first-order valence-electron chi connectivity index (χ1n) is 10.9. The van der Waals surface area contributed by atoms with E-state index in [0.29, 0.717) is 0 Å². The highest BCUT2D eigenvalue weighted by Gasteiger charge is 2.31. The molecular weight excluding hydrogens is 540 g/mol. The number of ether oxygens (including phenoxy) is 4. The molecule has 0 bridgehead atoms. The smallest absolute Gasteiger partial charge is 0.330 e. The van der Waals surface area contributed by atoms with Gasteiger partial charge in [-0.1, -0.05) is 49.8 Å². The van der Waals surface area contributed by atoms with Crippen molar-refractivity contribution < 1.29 is 47.7 Å². The Kier molecular flexibility index (Phi) is 16.2. The average Bonchev–Trinajstić information content (AvgIpc) is 2.90. The molecule has 2 N–H and O–H groups in total. The van der Waals surface area contributed by atoms with E-state index in [-0.39, 0.29) is 37.9 Å². The first-order chi connectivity index (χ1) is 17.8. The third kappa shape index (κ3) is 15.6. The second-order valence-corrected chi connectivity index (χ2v) is 10.0. The molecule has 0 rings (SSSR count). The molecule has 0 fully saturated rings. The van der Waals surface area contributed by atoms with Crippen LogP contribution in [0.15, 0.2) is 50.6 Å². The van der Waals surface area contributed by atoms with E-state index in [4.69, 9.17) is 18.9 Å². The molecule has 38 heavy (non-hydrogen) atoms.